The second-order valence-electron chi connectivity index (χ2n) is 8.58. The van der Waals surface area contributed by atoms with E-state index in [4.69, 9.17) is 21.1 Å². The van der Waals surface area contributed by atoms with Crippen LogP contribution in [0.5, 0.6) is 5.75 Å². The first kappa shape index (κ1) is 24.0. The molecule has 2 aromatic rings. The van der Waals surface area contributed by atoms with Crippen molar-refractivity contribution in [2.75, 3.05) is 36.5 Å². The third-order valence-electron chi connectivity index (χ3n) is 6.02. The summed E-state index contributed by atoms with van der Waals surface area (Å²) < 4.78 is 11.1. The van der Waals surface area contributed by atoms with Crippen molar-refractivity contribution in [2.24, 2.45) is 5.92 Å². The van der Waals surface area contributed by atoms with E-state index in [9.17, 15) is 14.4 Å². The molecule has 2 aliphatic heterocycles. The Morgan fingerprint density at radius 2 is 2.00 bits per heavy atom. The molecule has 8 nitrogen and oxygen atoms in total. The lowest BCUT2D eigenvalue weighted by atomic mass is 10.1. The smallest absolute Gasteiger partial charge is 0.262 e. The minimum absolute atomic E-state index is 0.0706. The van der Waals surface area contributed by atoms with Crippen molar-refractivity contribution < 1.29 is 23.9 Å². The van der Waals surface area contributed by atoms with Gasteiger partial charge in [0.1, 0.15) is 5.75 Å². The van der Waals surface area contributed by atoms with Gasteiger partial charge in [-0.05, 0) is 61.7 Å². The second-order valence-corrected chi connectivity index (χ2v) is 9.01. The van der Waals surface area contributed by atoms with Crippen LogP contribution in [0.4, 0.5) is 11.4 Å². The fraction of sp³-hybridized carbons (Fsp3) is 0.400. The van der Waals surface area contributed by atoms with Crippen LogP contribution in [-0.4, -0.2) is 50.1 Å². The first-order chi connectivity index (χ1) is 16.4. The Morgan fingerprint density at radius 3 is 2.74 bits per heavy atom. The molecule has 2 heterocycles. The second kappa shape index (κ2) is 10.9. The van der Waals surface area contributed by atoms with Gasteiger partial charge in [0, 0.05) is 42.5 Å². The van der Waals surface area contributed by atoms with Gasteiger partial charge in [0.2, 0.25) is 11.8 Å². The SMILES string of the molecule is Cc1ccc(Cl)cc1NC(=O)COc1ccc(N2C[C@H](C(=O)NC[C@@H]3CCCO3)CC2=O)cc1. The van der Waals surface area contributed by atoms with Crippen LogP contribution in [0.1, 0.15) is 24.8 Å². The highest BCUT2D eigenvalue weighted by molar-refractivity contribution is 6.31. The molecule has 3 amide bonds. The molecule has 0 radical (unpaired) electrons. The molecule has 4 rings (SSSR count). The monoisotopic (exact) mass is 485 g/mol. The number of nitrogens with one attached hydrogen (secondary N) is 2. The lowest BCUT2D eigenvalue weighted by Crippen LogP contribution is -2.37. The third-order valence-corrected chi connectivity index (χ3v) is 6.25. The fourth-order valence-electron chi connectivity index (χ4n) is 4.08. The Kier molecular flexibility index (Phi) is 7.70. The summed E-state index contributed by atoms with van der Waals surface area (Å²) in [7, 11) is 0. The zero-order valence-electron chi connectivity index (χ0n) is 19.0. The first-order valence-electron chi connectivity index (χ1n) is 11.4. The summed E-state index contributed by atoms with van der Waals surface area (Å²) in [5.74, 6) is -0.404. The molecular weight excluding hydrogens is 458 g/mol. The maximum Gasteiger partial charge on any atom is 0.262 e. The molecule has 0 aromatic heterocycles. The Bertz CT molecular complexity index is 1050. The van der Waals surface area contributed by atoms with E-state index in [-0.39, 0.29) is 42.8 Å². The third kappa shape index (κ3) is 6.07. The van der Waals surface area contributed by atoms with E-state index in [0.717, 1.165) is 25.0 Å². The van der Waals surface area contributed by atoms with Crippen LogP contribution in [0.3, 0.4) is 0 Å². The van der Waals surface area contributed by atoms with Gasteiger partial charge in [-0.15, -0.1) is 0 Å². The molecule has 2 saturated heterocycles. The Morgan fingerprint density at radius 1 is 1.21 bits per heavy atom. The summed E-state index contributed by atoms with van der Waals surface area (Å²) >= 11 is 5.98. The summed E-state index contributed by atoms with van der Waals surface area (Å²) in [4.78, 5) is 38.8. The molecule has 2 aliphatic rings. The Hall–Kier alpha value is -3.10. The van der Waals surface area contributed by atoms with Crippen molar-refractivity contribution in [3.63, 3.8) is 0 Å². The fourth-order valence-corrected chi connectivity index (χ4v) is 4.26. The van der Waals surface area contributed by atoms with Crippen molar-refractivity contribution >= 4 is 40.7 Å². The average Bonchev–Trinajstić information content (AvgIpc) is 3.49. The van der Waals surface area contributed by atoms with Gasteiger partial charge in [0.05, 0.1) is 12.0 Å². The summed E-state index contributed by atoms with van der Waals surface area (Å²) in [6.45, 7) is 3.27. The zero-order chi connectivity index (χ0) is 24.1. The minimum Gasteiger partial charge on any atom is -0.484 e. The number of nitrogens with zero attached hydrogens (tertiary/aromatic N) is 1. The molecule has 0 spiro atoms. The number of hydrogen-bond donors (Lipinski definition) is 2. The van der Waals surface area contributed by atoms with Gasteiger partial charge in [-0.2, -0.15) is 0 Å². The van der Waals surface area contributed by atoms with Crippen molar-refractivity contribution in [2.45, 2.75) is 32.3 Å². The largest absolute Gasteiger partial charge is 0.484 e. The first-order valence-corrected chi connectivity index (χ1v) is 11.8. The molecule has 34 heavy (non-hydrogen) atoms. The van der Waals surface area contributed by atoms with E-state index in [1.54, 1.807) is 41.3 Å². The standard InChI is InChI=1S/C25H28ClN3O5/c1-16-4-5-18(26)12-22(16)28-23(30)15-34-20-8-6-19(7-9-20)29-14-17(11-24(29)31)25(32)27-13-21-3-2-10-33-21/h4-9,12,17,21H,2-3,10-11,13-15H2,1H3,(H,27,32)(H,28,30)/t17-,21+/m1/s1. The van der Waals surface area contributed by atoms with Crippen LogP contribution in [0.15, 0.2) is 42.5 Å². The number of amides is 3. The number of carbonyl (C=O) groups is 3. The van der Waals surface area contributed by atoms with Crippen molar-refractivity contribution in [1.82, 2.24) is 5.32 Å². The van der Waals surface area contributed by atoms with Gasteiger partial charge in [0.25, 0.3) is 5.91 Å². The highest BCUT2D eigenvalue weighted by atomic mass is 35.5. The van der Waals surface area contributed by atoms with E-state index in [2.05, 4.69) is 10.6 Å². The maximum absolute atomic E-state index is 12.5. The van der Waals surface area contributed by atoms with Crippen LogP contribution in [-0.2, 0) is 19.1 Å². The Labute approximate surface area is 203 Å². The van der Waals surface area contributed by atoms with E-state index in [0.29, 0.717) is 35.2 Å². The normalized spacial score (nSPS) is 19.8. The van der Waals surface area contributed by atoms with Gasteiger partial charge in [-0.1, -0.05) is 17.7 Å². The molecule has 9 heteroatoms. The summed E-state index contributed by atoms with van der Waals surface area (Å²) in [5.41, 5.74) is 2.22. The zero-order valence-corrected chi connectivity index (χ0v) is 19.8. The van der Waals surface area contributed by atoms with Gasteiger partial charge >= 0.3 is 0 Å². The van der Waals surface area contributed by atoms with Crippen molar-refractivity contribution in [3.05, 3.63) is 53.1 Å². The number of anilines is 2. The number of halogens is 1. The summed E-state index contributed by atoms with van der Waals surface area (Å²) in [5, 5.41) is 6.23. The number of hydrogen-bond acceptors (Lipinski definition) is 5. The van der Waals surface area contributed by atoms with Crippen LogP contribution in [0, 0.1) is 12.8 Å². The molecule has 0 saturated carbocycles. The van der Waals surface area contributed by atoms with Crippen LogP contribution in [0.25, 0.3) is 0 Å². The molecule has 180 valence electrons. The number of ether oxygens (including phenoxy) is 2. The molecule has 0 aliphatic carbocycles. The molecule has 0 bridgehead atoms. The lowest BCUT2D eigenvalue weighted by molar-refractivity contribution is -0.126. The molecule has 2 atom stereocenters. The molecule has 0 unspecified atom stereocenters. The van der Waals surface area contributed by atoms with E-state index >= 15 is 0 Å². The number of benzene rings is 2. The highest BCUT2D eigenvalue weighted by Crippen LogP contribution is 2.27. The van der Waals surface area contributed by atoms with Crippen LogP contribution < -0.4 is 20.3 Å². The van der Waals surface area contributed by atoms with Crippen LogP contribution >= 0.6 is 11.6 Å². The van der Waals surface area contributed by atoms with Gasteiger partial charge in [-0.25, -0.2) is 0 Å². The molecule has 2 aromatic carbocycles. The molecule has 2 fully saturated rings. The van der Waals surface area contributed by atoms with E-state index < -0.39 is 0 Å². The van der Waals surface area contributed by atoms with Gasteiger partial charge < -0.3 is 25.0 Å². The van der Waals surface area contributed by atoms with Crippen molar-refractivity contribution in [1.29, 1.82) is 0 Å². The average molecular weight is 486 g/mol. The minimum atomic E-state index is -0.386. The predicted molar refractivity (Wildman–Crippen MR) is 129 cm³/mol. The summed E-state index contributed by atoms with van der Waals surface area (Å²) in [6.07, 6.45) is 2.22. The van der Waals surface area contributed by atoms with Crippen LogP contribution in [0.2, 0.25) is 5.02 Å². The topological polar surface area (TPSA) is 97.0 Å². The lowest BCUT2D eigenvalue weighted by Gasteiger charge is -2.18. The van der Waals surface area contributed by atoms with Crippen molar-refractivity contribution in [3.8, 4) is 5.75 Å². The highest BCUT2D eigenvalue weighted by Gasteiger charge is 2.35. The Balaban J connectivity index is 1.26. The predicted octanol–water partition coefficient (Wildman–Crippen LogP) is 3.31. The molecular formula is C25H28ClN3O5. The summed E-state index contributed by atoms with van der Waals surface area (Å²) in [6, 6.07) is 12.2. The molecule has 2 N–H and O–H groups in total. The van der Waals surface area contributed by atoms with E-state index in [1.165, 1.54) is 0 Å². The quantitative estimate of drug-likeness (QED) is 0.598. The van der Waals surface area contributed by atoms with Gasteiger partial charge in [-0.3, -0.25) is 14.4 Å². The number of carbonyl (C=O) groups excluding carboxylic acids is 3. The number of rotatable bonds is 8. The number of aryl methyl sites for hydroxylation is 1. The van der Waals surface area contributed by atoms with E-state index in [1.807, 2.05) is 13.0 Å². The maximum atomic E-state index is 12.5. The van der Waals surface area contributed by atoms with Gasteiger partial charge in [0.15, 0.2) is 6.61 Å².